The van der Waals surface area contributed by atoms with Gasteiger partial charge in [-0.15, -0.1) is 0 Å². The van der Waals surface area contributed by atoms with Gasteiger partial charge in [-0.25, -0.2) is 0 Å². The van der Waals surface area contributed by atoms with Gasteiger partial charge in [-0.2, -0.15) is 9.97 Å². The van der Waals surface area contributed by atoms with E-state index in [0.29, 0.717) is 0 Å². The number of nitrogen functional groups attached to an aromatic ring is 1. The van der Waals surface area contributed by atoms with Crippen LogP contribution in [0.1, 0.15) is 19.3 Å². The van der Waals surface area contributed by atoms with Crippen molar-refractivity contribution in [2.75, 3.05) is 43.2 Å². The zero-order chi connectivity index (χ0) is 13.0. The van der Waals surface area contributed by atoms with Crippen molar-refractivity contribution in [1.29, 1.82) is 0 Å². The first-order valence-electron chi connectivity index (χ1n) is 6.34. The summed E-state index contributed by atoms with van der Waals surface area (Å²) in [6.07, 6.45) is 3.82. The molecule has 0 bridgehead atoms. The molecule has 0 saturated carbocycles. The molecule has 6 nitrogen and oxygen atoms in total. The third kappa shape index (κ3) is 3.22. The summed E-state index contributed by atoms with van der Waals surface area (Å²) in [6.45, 7) is 1.70. The highest BCUT2D eigenvalue weighted by Crippen LogP contribution is 2.19. The monoisotopic (exact) mass is 251 g/mol. The first-order chi connectivity index (χ1) is 8.69. The number of anilines is 3. The van der Waals surface area contributed by atoms with E-state index in [4.69, 9.17) is 10.5 Å². The predicted octanol–water partition coefficient (Wildman–Crippen LogP) is 1.11. The second-order valence-electron chi connectivity index (χ2n) is 4.59. The van der Waals surface area contributed by atoms with Gasteiger partial charge in [-0.05, 0) is 19.3 Å². The minimum atomic E-state index is 0.285. The fourth-order valence-electron chi connectivity index (χ4n) is 2.13. The predicted molar refractivity (Wildman–Crippen MR) is 72.9 cm³/mol. The number of ether oxygens (including phenoxy) is 1. The van der Waals surface area contributed by atoms with Crippen LogP contribution >= 0.6 is 0 Å². The number of nitrogens with two attached hydrogens (primary N) is 1. The summed E-state index contributed by atoms with van der Waals surface area (Å²) in [5.74, 6) is 1.84. The maximum atomic E-state index is 5.72. The molecule has 0 aromatic carbocycles. The third-order valence-corrected chi connectivity index (χ3v) is 3.13. The summed E-state index contributed by atoms with van der Waals surface area (Å²) in [7, 11) is 3.81. The molecule has 100 valence electrons. The number of hydrogen-bond acceptors (Lipinski definition) is 6. The second-order valence-corrected chi connectivity index (χ2v) is 4.59. The fourth-order valence-corrected chi connectivity index (χ4v) is 2.13. The van der Waals surface area contributed by atoms with E-state index in [1.54, 1.807) is 0 Å². The second kappa shape index (κ2) is 5.86. The highest BCUT2D eigenvalue weighted by atomic mass is 16.5. The Bertz CT molecular complexity index is 392. The Morgan fingerprint density at radius 2 is 2.33 bits per heavy atom. The van der Waals surface area contributed by atoms with Crippen LogP contribution in [0.3, 0.4) is 0 Å². The minimum absolute atomic E-state index is 0.285. The van der Waals surface area contributed by atoms with Gasteiger partial charge in [-0.1, -0.05) is 0 Å². The van der Waals surface area contributed by atoms with Crippen molar-refractivity contribution in [3.63, 3.8) is 0 Å². The Hall–Kier alpha value is -1.56. The number of hydrogen-bond donors (Lipinski definition) is 2. The molecule has 6 heteroatoms. The molecular formula is C12H21N5O. The Balaban J connectivity index is 2.02. The van der Waals surface area contributed by atoms with Gasteiger partial charge in [0.25, 0.3) is 0 Å². The third-order valence-electron chi connectivity index (χ3n) is 3.13. The van der Waals surface area contributed by atoms with Gasteiger partial charge in [-0.3, -0.25) is 0 Å². The average Bonchev–Trinajstić information content (AvgIpc) is 2.39. The Labute approximate surface area is 108 Å². The molecule has 0 radical (unpaired) electrons. The van der Waals surface area contributed by atoms with Crippen LogP contribution in [0.15, 0.2) is 6.07 Å². The van der Waals surface area contributed by atoms with Gasteiger partial charge >= 0.3 is 0 Å². The average molecular weight is 251 g/mol. The van der Waals surface area contributed by atoms with E-state index in [1.807, 2.05) is 20.2 Å². The van der Waals surface area contributed by atoms with Crippen LogP contribution in [0.4, 0.5) is 17.6 Å². The molecule has 1 aliphatic heterocycles. The maximum Gasteiger partial charge on any atom is 0.223 e. The molecule has 1 atom stereocenters. The highest BCUT2D eigenvalue weighted by molar-refractivity contribution is 5.51. The van der Waals surface area contributed by atoms with E-state index in [2.05, 4.69) is 20.2 Å². The van der Waals surface area contributed by atoms with E-state index in [9.17, 15) is 0 Å². The van der Waals surface area contributed by atoms with E-state index in [0.717, 1.165) is 31.2 Å². The molecule has 2 heterocycles. The molecule has 1 fully saturated rings. The molecule has 1 aromatic heterocycles. The number of nitrogens with zero attached hydrogens (tertiary/aromatic N) is 3. The van der Waals surface area contributed by atoms with Gasteiger partial charge < -0.3 is 20.7 Å². The van der Waals surface area contributed by atoms with E-state index in [-0.39, 0.29) is 12.1 Å². The summed E-state index contributed by atoms with van der Waals surface area (Å²) >= 11 is 0. The first kappa shape index (κ1) is 12.9. The molecule has 0 amide bonds. The molecule has 3 N–H and O–H groups in total. The lowest BCUT2D eigenvalue weighted by atomic mass is 10.1. The van der Waals surface area contributed by atoms with Crippen molar-refractivity contribution in [3.05, 3.63) is 6.07 Å². The summed E-state index contributed by atoms with van der Waals surface area (Å²) in [4.78, 5) is 10.4. The number of rotatable bonds is 4. The van der Waals surface area contributed by atoms with Gasteiger partial charge in [0.2, 0.25) is 5.95 Å². The van der Waals surface area contributed by atoms with Gasteiger partial charge in [0.1, 0.15) is 11.6 Å². The molecule has 2 rings (SSSR count). The molecule has 0 spiro atoms. The molecule has 1 unspecified atom stereocenters. The molecule has 1 aromatic rings. The Morgan fingerprint density at radius 3 is 3.00 bits per heavy atom. The van der Waals surface area contributed by atoms with Gasteiger partial charge in [0.15, 0.2) is 0 Å². The zero-order valence-electron chi connectivity index (χ0n) is 11.0. The molecule has 1 saturated heterocycles. The number of likely N-dealkylation sites (N-methyl/N-ethyl adjacent to an activating group) is 1. The maximum absolute atomic E-state index is 5.72. The van der Waals surface area contributed by atoms with Gasteiger partial charge in [0, 0.05) is 33.3 Å². The number of nitrogens with one attached hydrogen (secondary N) is 1. The van der Waals surface area contributed by atoms with Crippen LogP contribution < -0.4 is 16.0 Å². The van der Waals surface area contributed by atoms with Crippen LogP contribution in [0.25, 0.3) is 0 Å². The minimum Gasteiger partial charge on any atom is -0.376 e. The van der Waals surface area contributed by atoms with E-state index < -0.39 is 0 Å². The Kier molecular flexibility index (Phi) is 4.19. The van der Waals surface area contributed by atoms with E-state index in [1.165, 1.54) is 12.8 Å². The topological polar surface area (TPSA) is 76.3 Å². The lowest BCUT2D eigenvalue weighted by molar-refractivity contribution is 0.0215. The molecule has 18 heavy (non-hydrogen) atoms. The molecule has 0 aliphatic carbocycles. The summed E-state index contributed by atoms with van der Waals surface area (Å²) in [5, 5.41) is 2.98. The first-order valence-corrected chi connectivity index (χ1v) is 6.34. The van der Waals surface area contributed by atoms with Crippen molar-refractivity contribution in [2.45, 2.75) is 25.4 Å². The number of aromatic nitrogens is 2. The smallest absolute Gasteiger partial charge is 0.223 e. The highest BCUT2D eigenvalue weighted by Gasteiger charge is 2.17. The largest absolute Gasteiger partial charge is 0.376 e. The molecule has 1 aliphatic rings. The van der Waals surface area contributed by atoms with Crippen LogP contribution in [0.5, 0.6) is 0 Å². The summed E-state index contributed by atoms with van der Waals surface area (Å²) < 4.78 is 5.72. The molecular weight excluding hydrogens is 230 g/mol. The summed E-state index contributed by atoms with van der Waals surface area (Å²) in [6, 6.07) is 1.89. The van der Waals surface area contributed by atoms with Crippen LogP contribution in [-0.4, -0.2) is 43.3 Å². The van der Waals surface area contributed by atoms with Crippen LogP contribution in [0.2, 0.25) is 0 Å². The SMILES string of the molecule is CNc1cc(N(C)CC2CCCCO2)nc(N)n1. The van der Waals surface area contributed by atoms with Gasteiger partial charge in [0.05, 0.1) is 6.10 Å². The quantitative estimate of drug-likeness (QED) is 0.834. The lowest BCUT2D eigenvalue weighted by Crippen LogP contribution is -2.33. The summed E-state index contributed by atoms with van der Waals surface area (Å²) in [5.41, 5.74) is 5.69. The van der Waals surface area contributed by atoms with Crippen molar-refractivity contribution in [3.8, 4) is 0 Å². The fraction of sp³-hybridized carbons (Fsp3) is 0.667. The van der Waals surface area contributed by atoms with Crippen molar-refractivity contribution < 1.29 is 4.74 Å². The lowest BCUT2D eigenvalue weighted by Gasteiger charge is -2.28. The Morgan fingerprint density at radius 1 is 1.50 bits per heavy atom. The van der Waals surface area contributed by atoms with Crippen molar-refractivity contribution in [1.82, 2.24) is 9.97 Å². The standard InChI is InChI=1S/C12H21N5O/c1-14-10-7-11(16-12(13)15-10)17(2)8-9-5-3-4-6-18-9/h7,9H,3-6,8H2,1-2H3,(H3,13,14,15,16). The van der Waals surface area contributed by atoms with E-state index >= 15 is 0 Å². The van der Waals surface area contributed by atoms with Crippen molar-refractivity contribution in [2.24, 2.45) is 0 Å². The normalized spacial score (nSPS) is 19.6. The van der Waals surface area contributed by atoms with Crippen molar-refractivity contribution >= 4 is 17.6 Å². The van der Waals surface area contributed by atoms with Crippen LogP contribution in [0, 0.1) is 0 Å². The van der Waals surface area contributed by atoms with Crippen LogP contribution in [-0.2, 0) is 4.74 Å². The zero-order valence-corrected chi connectivity index (χ0v) is 11.0.